The summed E-state index contributed by atoms with van der Waals surface area (Å²) in [6.45, 7) is 0. The van der Waals surface area contributed by atoms with Crippen molar-refractivity contribution in [2.24, 2.45) is 0 Å². The van der Waals surface area contributed by atoms with Gasteiger partial charge in [-0.3, -0.25) is 0 Å². The van der Waals surface area contributed by atoms with Gasteiger partial charge in [-0.15, -0.1) is 0 Å². The van der Waals surface area contributed by atoms with Crippen molar-refractivity contribution in [3.63, 3.8) is 0 Å². The van der Waals surface area contributed by atoms with Crippen molar-refractivity contribution in [1.29, 1.82) is 0 Å². The standard InChI is InChI=1S/C8H6P.3ClH.Zr/c1-2-4-8-7(3-1)5-6-9-8;;;;/h1-4,6,9H;3*1H;/q;;;;+3/p-3. The van der Waals surface area contributed by atoms with E-state index in [0.717, 1.165) is 8.19 Å². The summed E-state index contributed by atoms with van der Waals surface area (Å²) in [5.41, 5.74) is 0. The Kier molecular flexibility index (Phi) is 9.26. The van der Waals surface area contributed by atoms with Crippen LogP contribution in [0.1, 0.15) is 0 Å². The average molecular weight is 331 g/mol. The van der Waals surface area contributed by atoms with Gasteiger partial charge in [0.05, 0.1) is 0 Å². The first-order valence-electron chi connectivity index (χ1n) is 3.15. The summed E-state index contributed by atoms with van der Waals surface area (Å²) in [5, 5.41) is 3.01. The second-order valence-electron chi connectivity index (χ2n) is 2.25. The van der Waals surface area contributed by atoms with Gasteiger partial charge in [-0.2, -0.15) is 0 Å². The van der Waals surface area contributed by atoms with Crippen LogP contribution >= 0.6 is 8.19 Å². The molecule has 0 aliphatic carbocycles. The summed E-state index contributed by atoms with van der Waals surface area (Å²) in [6, 6.07) is 8.68. The van der Waals surface area contributed by atoms with Gasteiger partial charge in [-0.25, -0.2) is 0 Å². The number of hydrogen-bond acceptors (Lipinski definition) is 0. The van der Waals surface area contributed by atoms with Gasteiger partial charge in [-0.05, 0) is 0 Å². The maximum atomic E-state index is 2.35. The molecule has 2 aromatic rings. The van der Waals surface area contributed by atoms with Crippen LogP contribution in [0.5, 0.6) is 0 Å². The molecular weight excluding hydrogens is 325 g/mol. The fourth-order valence-electron chi connectivity index (χ4n) is 1.07. The molecule has 0 saturated carbocycles. The van der Waals surface area contributed by atoms with Gasteiger partial charge in [0.2, 0.25) is 0 Å². The third kappa shape index (κ3) is 3.57. The van der Waals surface area contributed by atoms with Crippen LogP contribution in [-0.2, 0) is 24.7 Å². The van der Waals surface area contributed by atoms with E-state index >= 15 is 0 Å². The van der Waals surface area contributed by atoms with E-state index in [1.54, 1.807) is 24.7 Å². The second-order valence-corrected chi connectivity index (χ2v) is 4.69. The molecule has 13 heavy (non-hydrogen) atoms. The second kappa shape index (κ2) is 7.32. The molecule has 0 amide bonds. The molecule has 0 aliphatic rings. The molecule has 1 unspecified atom stereocenters. The number of halogens is 3. The molecule has 0 bridgehead atoms. The molecule has 1 aromatic heterocycles. The Hall–Kier alpha value is 1.01. The zero-order valence-corrected chi connectivity index (χ0v) is 12.2. The summed E-state index contributed by atoms with van der Waals surface area (Å²) in [4.78, 5) is 0. The molecule has 0 fully saturated rings. The Bertz CT molecular complexity index is 361. The van der Waals surface area contributed by atoms with Crippen molar-refractivity contribution in [3.05, 3.63) is 30.1 Å². The fraction of sp³-hybridized carbons (Fsp3) is 0. The van der Waals surface area contributed by atoms with Gasteiger partial charge in [0, 0.05) is 0 Å². The number of benzene rings is 1. The van der Waals surface area contributed by atoms with Gasteiger partial charge in [-0.1, -0.05) is 0 Å². The van der Waals surface area contributed by atoms with Gasteiger partial charge in [0.25, 0.3) is 0 Å². The third-order valence-electron chi connectivity index (χ3n) is 1.59. The Morgan fingerprint density at radius 1 is 1.00 bits per heavy atom. The summed E-state index contributed by atoms with van der Waals surface area (Å²) in [7, 11) is 0.921. The van der Waals surface area contributed by atoms with Crippen molar-refractivity contribution in [2.75, 3.05) is 0 Å². The monoisotopic (exact) mass is 328 g/mol. The van der Waals surface area contributed by atoms with Crippen LogP contribution in [0.15, 0.2) is 30.1 Å². The molecule has 0 radical (unpaired) electrons. The predicted molar refractivity (Wildman–Crippen MR) is 43.1 cm³/mol. The molecule has 0 N–H and O–H groups in total. The van der Waals surface area contributed by atoms with Crippen LogP contribution in [0.4, 0.5) is 0 Å². The normalized spacial score (nSPS) is 8.77. The minimum absolute atomic E-state index is 0. The van der Waals surface area contributed by atoms with Crippen LogP contribution in [-0.4, -0.2) is 0 Å². The molecule has 0 aliphatic heterocycles. The Balaban J connectivity index is 0. The fourth-order valence-corrected chi connectivity index (χ4v) is 3.47. The summed E-state index contributed by atoms with van der Waals surface area (Å²) < 4.78 is 1.53. The Morgan fingerprint density at radius 2 is 1.62 bits per heavy atom. The quantitative estimate of drug-likeness (QED) is 0.450. The predicted octanol–water partition coefficient (Wildman–Crippen LogP) is -6.94. The van der Waals surface area contributed by atoms with E-state index in [4.69, 9.17) is 0 Å². The zero-order chi connectivity index (χ0) is 6.97. The van der Waals surface area contributed by atoms with Crippen molar-refractivity contribution < 1.29 is 61.9 Å². The van der Waals surface area contributed by atoms with Crippen LogP contribution in [0.3, 0.4) is 0 Å². The first kappa shape index (κ1) is 16.4. The van der Waals surface area contributed by atoms with E-state index in [-0.39, 0.29) is 37.2 Å². The molecular formula is C8H6Cl3PZr. The van der Waals surface area contributed by atoms with Crippen LogP contribution < -0.4 is 40.5 Å². The van der Waals surface area contributed by atoms with Crippen LogP contribution in [0, 0.1) is 0 Å². The molecule has 68 valence electrons. The van der Waals surface area contributed by atoms with Gasteiger partial charge < -0.3 is 37.2 Å². The first-order chi connectivity index (χ1) is 4.88. The Morgan fingerprint density at radius 3 is 2.23 bits per heavy atom. The summed E-state index contributed by atoms with van der Waals surface area (Å²) in [5.74, 6) is 2.35. The minimum atomic E-state index is 0. The van der Waals surface area contributed by atoms with Crippen LogP contribution in [0.25, 0.3) is 10.5 Å². The number of rotatable bonds is 0. The van der Waals surface area contributed by atoms with E-state index in [9.17, 15) is 0 Å². The van der Waals surface area contributed by atoms with E-state index in [1.165, 1.54) is 13.8 Å². The van der Waals surface area contributed by atoms with E-state index in [0.29, 0.717) is 0 Å². The molecule has 0 nitrogen and oxygen atoms in total. The van der Waals surface area contributed by atoms with E-state index in [2.05, 4.69) is 30.1 Å². The van der Waals surface area contributed by atoms with Gasteiger partial charge >= 0.3 is 76.8 Å². The zero-order valence-electron chi connectivity index (χ0n) is 6.52. The van der Waals surface area contributed by atoms with E-state index < -0.39 is 0 Å². The third-order valence-corrected chi connectivity index (χ3v) is 4.50. The number of hydrogen-bond donors (Lipinski definition) is 0. The van der Waals surface area contributed by atoms with Crippen LogP contribution in [0.2, 0.25) is 0 Å². The molecule has 0 spiro atoms. The topological polar surface area (TPSA) is 0 Å². The maximum absolute atomic E-state index is 2.35. The molecule has 1 aromatic carbocycles. The van der Waals surface area contributed by atoms with Crippen molar-refractivity contribution in [1.82, 2.24) is 0 Å². The summed E-state index contributed by atoms with van der Waals surface area (Å²) in [6.07, 6.45) is 0. The SMILES string of the molecule is [Cl-].[Cl-].[Cl-].[Zr+3][c]1c[pH]c2ccccc12. The first-order valence-corrected chi connectivity index (χ1v) is 5.46. The Labute approximate surface area is 113 Å². The van der Waals surface area contributed by atoms with Gasteiger partial charge in [0.1, 0.15) is 0 Å². The molecule has 0 saturated heterocycles. The average Bonchev–Trinajstić information content (AvgIpc) is 2.34. The van der Waals surface area contributed by atoms with Gasteiger partial charge in [0.15, 0.2) is 0 Å². The molecule has 1 atom stereocenters. The summed E-state index contributed by atoms with van der Waals surface area (Å²) >= 11 is 1.54. The molecule has 5 heteroatoms. The molecule has 2 rings (SSSR count). The van der Waals surface area contributed by atoms with E-state index in [1.807, 2.05) is 0 Å². The molecule has 1 heterocycles. The van der Waals surface area contributed by atoms with Crippen molar-refractivity contribution >= 4 is 22.0 Å². The van der Waals surface area contributed by atoms with Crippen molar-refractivity contribution in [3.8, 4) is 0 Å². The number of fused-ring (bicyclic) bond motifs is 1. The van der Waals surface area contributed by atoms with Crippen molar-refractivity contribution in [2.45, 2.75) is 0 Å².